The quantitative estimate of drug-likeness (QED) is 0.463. The molecule has 0 aliphatic rings. The van der Waals surface area contributed by atoms with Gasteiger partial charge in [-0.05, 0) is 11.4 Å². The maximum atomic E-state index is 8.18. The Bertz CT molecular complexity index is 1120. The van der Waals surface area contributed by atoms with Crippen LogP contribution in [-0.4, -0.2) is 33.2 Å². The summed E-state index contributed by atoms with van der Waals surface area (Å²) in [7, 11) is 1.65. The molecule has 3 aromatic heterocycles. The van der Waals surface area contributed by atoms with Crippen LogP contribution in [0.4, 0.5) is 0 Å². The van der Waals surface area contributed by atoms with Gasteiger partial charge in [-0.25, -0.2) is 9.97 Å². The predicted octanol–water partition coefficient (Wildman–Crippen LogP) is 3.81. The smallest absolute Gasteiger partial charge is 0.173 e. The lowest BCUT2D eigenvalue weighted by Gasteiger charge is -2.19. The highest BCUT2D eigenvalue weighted by atomic mass is 32.1. The van der Waals surface area contributed by atoms with Gasteiger partial charge < -0.3 is 14.5 Å². The molecule has 4 aromatic rings. The van der Waals surface area contributed by atoms with E-state index in [-0.39, 0.29) is 17.6 Å². The van der Waals surface area contributed by atoms with Gasteiger partial charge in [-0.15, -0.1) is 11.3 Å². The highest BCUT2D eigenvalue weighted by Gasteiger charge is 2.19. The number of fused-ring (bicyclic) bond motifs is 1. The Hall–Kier alpha value is -2.81. The average molecular weight is 410 g/mol. The number of benzene rings is 1. The molecular formula is C21H23N5O2S. The van der Waals surface area contributed by atoms with Crippen molar-refractivity contribution in [3.8, 4) is 0 Å². The molecule has 0 aliphatic carbocycles. The maximum Gasteiger partial charge on any atom is 0.173 e. The Morgan fingerprint density at radius 1 is 1.21 bits per heavy atom. The van der Waals surface area contributed by atoms with Crippen LogP contribution in [0.15, 0.2) is 54.2 Å². The molecule has 0 aliphatic heterocycles. The van der Waals surface area contributed by atoms with Gasteiger partial charge in [0.2, 0.25) is 0 Å². The van der Waals surface area contributed by atoms with E-state index in [1.807, 2.05) is 46.3 Å². The number of hydrogen-bond donors (Lipinski definition) is 2. The summed E-state index contributed by atoms with van der Waals surface area (Å²) in [5, 5.41) is 10.2. The van der Waals surface area contributed by atoms with Crippen LogP contribution in [0.3, 0.4) is 0 Å². The molecule has 0 spiro atoms. The summed E-state index contributed by atoms with van der Waals surface area (Å²) >= 11 is 1.68. The molecule has 0 radical (unpaired) electrons. The summed E-state index contributed by atoms with van der Waals surface area (Å²) in [6, 6.07) is 14.0. The van der Waals surface area contributed by atoms with Crippen molar-refractivity contribution in [2.45, 2.75) is 25.7 Å². The van der Waals surface area contributed by atoms with E-state index in [4.69, 9.17) is 19.9 Å². The number of ether oxygens (including phenoxy) is 2. The summed E-state index contributed by atoms with van der Waals surface area (Å²) in [5.74, 6) is 0.817. The van der Waals surface area contributed by atoms with Crippen molar-refractivity contribution in [3.05, 3.63) is 75.9 Å². The largest absolute Gasteiger partial charge is 0.375 e. The molecule has 0 fully saturated rings. The second-order valence-electron chi connectivity index (χ2n) is 6.82. The molecule has 8 heteroatoms. The number of nitrogens with one attached hydrogen (secondary N) is 2. The Morgan fingerprint density at radius 2 is 2.03 bits per heavy atom. The highest BCUT2D eigenvalue weighted by Crippen LogP contribution is 2.23. The van der Waals surface area contributed by atoms with E-state index in [1.54, 1.807) is 24.8 Å². The standard InChI is InChI=1S/C21H23N5O2S/c1-14(11-28-12-16-9-6-10-29-16)19-24-17-18(22)23-13-26(20(17)25-19)21(27-2)15-7-4-3-5-8-15/h3-10,13-14,21-22H,11-12H2,1-2H3,(H,24,25). The first-order chi connectivity index (χ1) is 14.2. The fourth-order valence-corrected chi connectivity index (χ4v) is 3.86. The van der Waals surface area contributed by atoms with Crippen molar-refractivity contribution in [2.75, 3.05) is 13.7 Å². The number of aromatic amines is 1. The molecule has 29 heavy (non-hydrogen) atoms. The van der Waals surface area contributed by atoms with Crippen molar-refractivity contribution in [1.82, 2.24) is 19.5 Å². The van der Waals surface area contributed by atoms with Crippen LogP contribution in [0.2, 0.25) is 0 Å². The van der Waals surface area contributed by atoms with Crippen molar-refractivity contribution in [3.63, 3.8) is 0 Å². The third kappa shape index (κ3) is 4.14. The zero-order valence-corrected chi connectivity index (χ0v) is 17.1. The van der Waals surface area contributed by atoms with Crippen LogP contribution in [-0.2, 0) is 16.1 Å². The summed E-state index contributed by atoms with van der Waals surface area (Å²) in [4.78, 5) is 13.5. The number of hydrogen-bond acceptors (Lipinski definition) is 6. The van der Waals surface area contributed by atoms with Gasteiger partial charge in [0.15, 0.2) is 17.4 Å². The molecule has 2 unspecified atom stereocenters. The number of imidazole rings is 1. The molecule has 3 heterocycles. The maximum absolute atomic E-state index is 8.18. The molecule has 7 nitrogen and oxygen atoms in total. The number of methoxy groups -OCH3 is 1. The molecule has 2 N–H and O–H groups in total. The minimum Gasteiger partial charge on any atom is -0.375 e. The number of rotatable bonds is 8. The lowest BCUT2D eigenvalue weighted by Crippen LogP contribution is -2.19. The van der Waals surface area contributed by atoms with E-state index >= 15 is 0 Å². The van der Waals surface area contributed by atoms with Gasteiger partial charge in [0.05, 0.1) is 13.2 Å². The van der Waals surface area contributed by atoms with E-state index in [0.717, 1.165) is 11.4 Å². The van der Waals surface area contributed by atoms with Crippen molar-refractivity contribution in [1.29, 1.82) is 5.41 Å². The second-order valence-corrected chi connectivity index (χ2v) is 7.85. The van der Waals surface area contributed by atoms with Gasteiger partial charge in [0, 0.05) is 23.5 Å². The van der Waals surface area contributed by atoms with Crippen LogP contribution >= 0.6 is 11.3 Å². The van der Waals surface area contributed by atoms with Gasteiger partial charge in [0.25, 0.3) is 0 Å². The zero-order valence-electron chi connectivity index (χ0n) is 16.3. The van der Waals surface area contributed by atoms with E-state index < -0.39 is 0 Å². The van der Waals surface area contributed by atoms with Crippen molar-refractivity contribution >= 4 is 22.5 Å². The molecular weight excluding hydrogens is 386 g/mol. The van der Waals surface area contributed by atoms with Crippen molar-refractivity contribution in [2.24, 2.45) is 0 Å². The third-order valence-electron chi connectivity index (χ3n) is 4.72. The monoisotopic (exact) mass is 409 g/mol. The average Bonchev–Trinajstić information content (AvgIpc) is 3.41. The molecule has 4 rings (SSSR count). The van der Waals surface area contributed by atoms with Crippen LogP contribution < -0.4 is 5.49 Å². The fourth-order valence-electron chi connectivity index (χ4n) is 3.22. The van der Waals surface area contributed by atoms with Crippen LogP contribution in [0.5, 0.6) is 0 Å². The highest BCUT2D eigenvalue weighted by molar-refractivity contribution is 7.09. The Morgan fingerprint density at radius 3 is 2.76 bits per heavy atom. The number of thiophene rings is 1. The molecule has 0 saturated heterocycles. The van der Waals surface area contributed by atoms with Gasteiger partial charge in [-0.2, -0.15) is 0 Å². The first kappa shape index (κ1) is 19.5. The third-order valence-corrected chi connectivity index (χ3v) is 5.57. The SMILES string of the molecule is COC(c1ccccc1)n1cnc(=N)c2[nH]c(C(C)COCc3cccs3)nc21. The first-order valence-electron chi connectivity index (χ1n) is 9.36. The molecule has 0 bridgehead atoms. The van der Waals surface area contributed by atoms with Gasteiger partial charge in [-0.3, -0.25) is 9.98 Å². The Balaban J connectivity index is 1.61. The second kappa shape index (κ2) is 8.69. The van der Waals surface area contributed by atoms with E-state index in [2.05, 4.69) is 23.0 Å². The van der Waals surface area contributed by atoms with Crippen molar-refractivity contribution < 1.29 is 9.47 Å². The lowest BCUT2D eigenvalue weighted by atomic mass is 10.2. The van der Waals surface area contributed by atoms with Gasteiger partial charge >= 0.3 is 0 Å². The minimum absolute atomic E-state index is 0.0490. The Kier molecular flexibility index (Phi) is 5.84. The topological polar surface area (TPSA) is 88.8 Å². The first-order valence-corrected chi connectivity index (χ1v) is 10.2. The van der Waals surface area contributed by atoms with Crippen LogP contribution in [0.25, 0.3) is 11.2 Å². The van der Waals surface area contributed by atoms with Crippen LogP contribution in [0, 0.1) is 5.41 Å². The summed E-state index contributed by atoms with van der Waals surface area (Å²) in [5.41, 5.74) is 2.37. The predicted molar refractivity (Wildman–Crippen MR) is 112 cm³/mol. The fraction of sp³-hybridized carbons (Fsp3) is 0.286. The van der Waals surface area contributed by atoms with E-state index in [9.17, 15) is 0 Å². The molecule has 0 amide bonds. The van der Waals surface area contributed by atoms with E-state index in [0.29, 0.717) is 24.4 Å². The van der Waals surface area contributed by atoms with Gasteiger partial charge in [0.1, 0.15) is 17.7 Å². The summed E-state index contributed by atoms with van der Waals surface area (Å²) in [6.45, 7) is 3.18. The Labute approximate surface area is 172 Å². The summed E-state index contributed by atoms with van der Waals surface area (Å²) < 4.78 is 13.4. The van der Waals surface area contributed by atoms with Gasteiger partial charge in [-0.1, -0.05) is 43.3 Å². The van der Waals surface area contributed by atoms with E-state index in [1.165, 1.54) is 4.88 Å². The molecule has 150 valence electrons. The minimum atomic E-state index is -0.381. The molecule has 0 saturated carbocycles. The molecule has 2 atom stereocenters. The zero-order chi connectivity index (χ0) is 20.2. The van der Waals surface area contributed by atoms with Crippen LogP contribution in [0.1, 0.15) is 35.3 Å². The summed E-state index contributed by atoms with van der Waals surface area (Å²) in [6.07, 6.45) is 1.22. The number of nitrogens with zero attached hydrogens (tertiary/aromatic N) is 3. The number of H-pyrrole nitrogens is 1. The lowest BCUT2D eigenvalue weighted by molar-refractivity contribution is 0.0804. The number of aromatic nitrogens is 4. The normalized spacial score (nSPS) is 13.6. The molecule has 1 aromatic carbocycles.